The zero-order valence-electron chi connectivity index (χ0n) is 23.0. The van der Waals surface area contributed by atoms with Gasteiger partial charge in [0.25, 0.3) is 11.7 Å². The number of amides is 1. The molecule has 10 heteroatoms. The average molecular weight is 553 g/mol. The Bertz CT molecular complexity index is 1270. The van der Waals surface area contributed by atoms with E-state index >= 15 is 0 Å². The highest BCUT2D eigenvalue weighted by Gasteiger charge is 2.46. The number of ether oxygens (including phenoxy) is 5. The summed E-state index contributed by atoms with van der Waals surface area (Å²) in [5.74, 6) is 0.499. The Balaban J connectivity index is 1.56. The number of aliphatic hydroxyl groups excluding tert-OH is 1. The van der Waals surface area contributed by atoms with Gasteiger partial charge >= 0.3 is 0 Å². The summed E-state index contributed by atoms with van der Waals surface area (Å²) < 4.78 is 28.5. The van der Waals surface area contributed by atoms with Gasteiger partial charge in [-0.25, -0.2) is 0 Å². The largest absolute Gasteiger partial charge is 0.507 e. The summed E-state index contributed by atoms with van der Waals surface area (Å²) in [6.07, 6.45) is 0.838. The van der Waals surface area contributed by atoms with Crippen LogP contribution < -0.4 is 18.9 Å². The van der Waals surface area contributed by atoms with Gasteiger partial charge in [-0.15, -0.1) is 0 Å². The van der Waals surface area contributed by atoms with Crippen LogP contribution in [-0.2, 0) is 14.3 Å². The molecule has 0 aromatic heterocycles. The van der Waals surface area contributed by atoms with E-state index in [1.54, 1.807) is 35.2 Å². The molecule has 0 spiro atoms. The normalized spacial score (nSPS) is 20.6. The van der Waals surface area contributed by atoms with E-state index in [0.29, 0.717) is 86.9 Å². The molecule has 1 amide bonds. The van der Waals surface area contributed by atoms with Crippen LogP contribution in [0.2, 0.25) is 0 Å². The standard InChI is InChI=1S/C30H36N2O8/c1-3-13-38-22-7-5-20(18-24(22)37-4-2)27-26(28(33)21-6-8-23-25(19-21)40-17-16-39-23)29(34)30(35)32(27)10-9-31-11-14-36-15-12-31/h5-8,18-19,27,33H,3-4,9-17H2,1-2H3/b28-26+/t27-/m1/s1. The summed E-state index contributed by atoms with van der Waals surface area (Å²) in [6, 6.07) is 9.59. The second kappa shape index (κ2) is 12.6. The van der Waals surface area contributed by atoms with Crippen molar-refractivity contribution in [3.05, 3.63) is 53.1 Å². The second-order valence-corrected chi connectivity index (χ2v) is 9.79. The molecule has 214 valence electrons. The van der Waals surface area contributed by atoms with Crippen LogP contribution in [0.15, 0.2) is 42.0 Å². The highest BCUT2D eigenvalue weighted by molar-refractivity contribution is 6.46. The molecular weight excluding hydrogens is 516 g/mol. The van der Waals surface area contributed by atoms with Gasteiger partial charge in [0, 0.05) is 31.7 Å². The van der Waals surface area contributed by atoms with E-state index in [2.05, 4.69) is 4.90 Å². The molecule has 0 radical (unpaired) electrons. The first-order chi connectivity index (χ1) is 19.5. The lowest BCUT2D eigenvalue weighted by Gasteiger charge is -2.31. The Morgan fingerprint density at radius 2 is 1.70 bits per heavy atom. The number of rotatable bonds is 10. The van der Waals surface area contributed by atoms with Gasteiger partial charge < -0.3 is 33.7 Å². The second-order valence-electron chi connectivity index (χ2n) is 9.79. The molecule has 3 aliphatic rings. The van der Waals surface area contributed by atoms with Crippen molar-refractivity contribution >= 4 is 17.4 Å². The maximum Gasteiger partial charge on any atom is 0.295 e. The van der Waals surface area contributed by atoms with Gasteiger partial charge in [-0.1, -0.05) is 13.0 Å². The van der Waals surface area contributed by atoms with E-state index < -0.39 is 17.7 Å². The van der Waals surface area contributed by atoms with Crippen molar-refractivity contribution in [1.29, 1.82) is 0 Å². The molecule has 1 N–H and O–H groups in total. The number of Topliss-reactive ketones (excluding diaryl/α,β-unsaturated/α-hetero) is 1. The molecule has 2 aromatic rings. The van der Waals surface area contributed by atoms with Crippen LogP contribution in [-0.4, -0.2) is 92.4 Å². The first kappa shape index (κ1) is 27.8. The fraction of sp³-hybridized carbons (Fsp3) is 0.467. The molecule has 3 heterocycles. The van der Waals surface area contributed by atoms with Crippen LogP contribution >= 0.6 is 0 Å². The third-order valence-electron chi connectivity index (χ3n) is 7.16. The van der Waals surface area contributed by atoms with Crippen LogP contribution in [0.4, 0.5) is 0 Å². The SMILES string of the molecule is CCCOc1ccc([C@@H]2/C(=C(\O)c3ccc4c(c3)OCCO4)C(=O)C(=O)N2CCN2CCOCC2)cc1OCC. The van der Waals surface area contributed by atoms with Crippen molar-refractivity contribution in [3.8, 4) is 23.0 Å². The minimum atomic E-state index is -0.811. The Morgan fingerprint density at radius 3 is 2.45 bits per heavy atom. The smallest absolute Gasteiger partial charge is 0.295 e. The van der Waals surface area contributed by atoms with Crippen LogP contribution in [0.5, 0.6) is 23.0 Å². The van der Waals surface area contributed by atoms with Gasteiger partial charge in [-0.2, -0.15) is 0 Å². The van der Waals surface area contributed by atoms with Crippen LogP contribution in [0, 0.1) is 0 Å². The molecule has 0 bridgehead atoms. The first-order valence-electron chi connectivity index (χ1n) is 13.9. The van der Waals surface area contributed by atoms with Crippen LogP contribution in [0.25, 0.3) is 5.76 Å². The fourth-order valence-corrected chi connectivity index (χ4v) is 5.17. The van der Waals surface area contributed by atoms with Crippen LogP contribution in [0.3, 0.4) is 0 Å². The summed E-state index contributed by atoms with van der Waals surface area (Å²) >= 11 is 0. The van der Waals surface area contributed by atoms with Crippen molar-refractivity contribution in [2.75, 3.05) is 65.8 Å². The Kier molecular flexibility index (Phi) is 8.76. The number of morpholine rings is 1. The number of carbonyl (C=O) groups is 2. The Hall–Kier alpha value is -3.76. The van der Waals surface area contributed by atoms with Crippen molar-refractivity contribution < 1.29 is 38.4 Å². The third-order valence-corrected chi connectivity index (χ3v) is 7.16. The van der Waals surface area contributed by atoms with Gasteiger partial charge in [0.05, 0.1) is 38.0 Å². The van der Waals surface area contributed by atoms with E-state index in [4.69, 9.17) is 23.7 Å². The van der Waals surface area contributed by atoms with E-state index in [1.165, 1.54) is 0 Å². The average Bonchev–Trinajstić information content (AvgIpc) is 3.24. The lowest BCUT2D eigenvalue weighted by atomic mass is 9.94. The quantitative estimate of drug-likeness (QED) is 0.270. The number of carbonyl (C=O) groups excluding carboxylic acids is 2. The molecule has 3 aliphatic heterocycles. The number of fused-ring (bicyclic) bond motifs is 1. The number of hydrogen-bond acceptors (Lipinski definition) is 9. The number of nitrogens with zero attached hydrogens (tertiary/aromatic N) is 2. The van der Waals surface area contributed by atoms with E-state index in [9.17, 15) is 14.7 Å². The maximum absolute atomic E-state index is 13.5. The lowest BCUT2D eigenvalue weighted by molar-refractivity contribution is -0.140. The molecule has 0 aliphatic carbocycles. The number of ketones is 1. The zero-order chi connectivity index (χ0) is 28.1. The molecule has 0 unspecified atom stereocenters. The number of aliphatic hydroxyl groups is 1. The summed E-state index contributed by atoms with van der Waals surface area (Å²) in [5.41, 5.74) is 1.04. The number of hydrogen-bond donors (Lipinski definition) is 1. The molecule has 10 nitrogen and oxygen atoms in total. The van der Waals surface area contributed by atoms with Gasteiger partial charge in [0.2, 0.25) is 0 Å². The van der Waals surface area contributed by atoms with E-state index in [1.807, 2.05) is 19.9 Å². The fourth-order valence-electron chi connectivity index (χ4n) is 5.17. The predicted molar refractivity (Wildman–Crippen MR) is 147 cm³/mol. The third kappa shape index (κ3) is 5.73. The Labute approximate surface area is 234 Å². The van der Waals surface area contributed by atoms with Crippen molar-refractivity contribution in [2.24, 2.45) is 0 Å². The molecule has 40 heavy (non-hydrogen) atoms. The summed E-state index contributed by atoms with van der Waals surface area (Å²) in [4.78, 5) is 30.7. The highest BCUT2D eigenvalue weighted by atomic mass is 16.6. The summed E-state index contributed by atoms with van der Waals surface area (Å²) in [7, 11) is 0. The van der Waals surface area contributed by atoms with Gasteiger partial charge in [0.1, 0.15) is 19.0 Å². The molecular formula is C30H36N2O8. The number of likely N-dealkylation sites (tertiary alicyclic amines) is 1. The molecule has 2 fully saturated rings. The van der Waals surface area contributed by atoms with Crippen LogP contribution in [0.1, 0.15) is 37.4 Å². The molecule has 0 saturated carbocycles. The van der Waals surface area contributed by atoms with Gasteiger partial charge in [-0.3, -0.25) is 14.5 Å². The zero-order valence-corrected chi connectivity index (χ0v) is 23.0. The molecule has 1 atom stereocenters. The minimum absolute atomic E-state index is 0.0216. The predicted octanol–water partition coefficient (Wildman–Crippen LogP) is 3.40. The topological polar surface area (TPSA) is 107 Å². The van der Waals surface area contributed by atoms with E-state index in [-0.39, 0.29) is 11.3 Å². The van der Waals surface area contributed by atoms with Crippen molar-refractivity contribution in [1.82, 2.24) is 9.80 Å². The molecule has 5 rings (SSSR count). The maximum atomic E-state index is 13.5. The van der Waals surface area contributed by atoms with Crippen molar-refractivity contribution in [3.63, 3.8) is 0 Å². The number of benzene rings is 2. The summed E-state index contributed by atoms with van der Waals surface area (Å²) in [6.45, 7) is 9.32. The monoisotopic (exact) mass is 552 g/mol. The van der Waals surface area contributed by atoms with Gasteiger partial charge in [-0.05, 0) is 49.2 Å². The molecule has 2 saturated heterocycles. The molecule has 2 aromatic carbocycles. The lowest BCUT2D eigenvalue weighted by Crippen LogP contribution is -2.42. The summed E-state index contributed by atoms with van der Waals surface area (Å²) in [5, 5.41) is 11.5. The van der Waals surface area contributed by atoms with E-state index in [0.717, 1.165) is 19.5 Å². The first-order valence-corrected chi connectivity index (χ1v) is 13.9. The van der Waals surface area contributed by atoms with Crippen molar-refractivity contribution in [2.45, 2.75) is 26.3 Å². The Morgan fingerprint density at radius 1 is 0.925 bits per heavy atom. The van der Waals surface area contributed by atoms with Gasteiger partial charge in [0.15, 0.2) is 23.0 Å². The minimum Gasteiger partial charge on any atom is -0.507 e. The highest BCUT2D eigenvalue weighted by Crippen LogP contribution is 2.43.